The number of aromatic nitrogens is 2. The van der Waals surface area contributed by atoms with E-state index in [1.54, 1.807) is 22.8 Å². The first-order chi connectivity index (χ1) is 8.60. The van der Waals surface area contributed by atoms with Crippen molar-refractivity contribution in [3.8, 4) is 0 Å². The zero-order valence-electron chi connectivity index (χ0n) is 11.1. The minimum Gasteiger partial charge on any atom is -0.379 e. The molecule has 1 aromatic rings. The van der Waals surface area contributed by atoms with Gasteiger partial charge in [0.1, 0.15) is 0 Å². The number of nitrogens with zero attached hydrogens (tertiary/aromatic N) is 3. The van der Waals surface area contributed by atoms with Gasteiger partial charge in [-0.25, -0.2) is 0 Å². The third-order valence-corrected chi connectivity index (χ3v) is 2.93. The van der Waals surface area contributed by atoms with Crippen molar-refractivity contribution in [2.45, 2.75) is 13.3 Å². The predicted octanol–water partition coefficient (Wildman–Crippen LogP) is 1.47. The van der Waals surface area contributed by atoms with E-state index in [4.69, 9.17) is 4.74 Å². The number of carbonyl (C=O) groups is 1. The quantitative estimate of drug-likeness (QED) is 0.565. The Morgan fingerprint density at radius 2 is 2.28 bits per heavy atom. The molecule has 5 nitrogen and oxygen atoms in total. The van der Waals surface area contributed by atoms with E-state index < -0.39 is 0 Å². The van der Waals surface area contributed by atoms with Crippen molar-refractivity contribution >= 4 is 21.8 Å². The zero-order valence-corrected chi connectivity index (χ0v) is 12.7. The molecular weight excluding hydrogens is 298 g/mol. The number of alkyl halides is 1. The van der Waals surface area contributed by atoms with Crippen LogP contribution in [0.15, 0.2) is 6.20 Å². The Morgan fingerprint density at radius 3 is 2.89 bits per heavy atom. The first kappa shape index (κ1) is 15.2. The molecule has 0 spiro atoms. The molecule has 0 radical (unpaired) electrons. The van der Waals surface area contributed by atoms with Crippen LogP contribution in [0.5, 0.6) is 0 Å². The predicted molar refractivity (Wildman–Crippen MR) is 74.2 cm³/mol. The zero-order chi connectivity index (χ0) is 13.5. The maximum atomic E-state index is 12.2. The van der Waals surface area contributed by atoms with Crippen molar-refractivity contribution in [1.29, 1.82) is 0 Å². The number of ether oxygens (including phenoxy) is 1. The minimum atomic E-state index is 0.00222. The van der Waals surface area contributed by atoms with Crippen LogP contribution in [0.1, 0.15) is 23.0 Å². The molecule has 1 heterocycles. The lowest BCUT2D eigenvalue weighted by Gasteiger charge is -2.16. The van der Waals surface area contributed by atoms with Crippen LogP contribution in [0.25, 0.3) is 0 Å². The number of likely N-dealkylation sites (N-methyl/N-ethyl adjacent to an activating group) is 1. The molecule has 102 valence electrons. The molecule has 1 aromatic heterocycles. The van der Waals surface area contributed by atoms with E-state index in [1.807, 2.05) is 14.0 Å². The van der Waals surface area contributed by atoms with Crippen LogP contribution in [-0.2, 0) is 18.2 Å². The van der Waals surface area contributed by atoms with Gasteiger partial charge in [-0.3, -0.25) is 9.48 Å². The minimum absolute atomic E-state index is 0.00222. The van der Waals surface area contributed by atoms with E-state index in [-0.39, 0.29) is 5.91 Å². The summed E-state index contributed by atoms with van der Waals surface area (Å²) < 4.78 is 7.02. The highest BCUT2D eigenvalue weighted by molar-refractivity contribution is 9.09. The molecule has 1 amide bonds. The second-order valence-electron chi connectivity index (χ2n) is 4.04. The smallest absolute Gasteiger partial charge is 0.257 e. The lowest BCUT2D eigenvalue weighted by Crippen LogP contribution is -2.30. The average molecular weight is 318 g/mol. The fourth-order valence-electron chi connectivity index (χ4n) is 1.64. The van der Waals surface area contributed by atoms with E-state index >= 15 is 0 Å². The highest BCUT2D eigenvalue weighted by Crippen LogP contribution is 2.09. The number of amides is 1. The van der Waals surface area contributed by atoms with E-state index in [0.29, 0.717) is 25.3 Å². The monoisotopic (exact) mass is 317 g/mol. The SMILES string of the molecule is CCc1nn(C)cc1C(=O)N(C)CCOCCBr. The molecule has 1 rings (SSSR count). The van der Waals surface area contributed by atoms with Gasteiger partial charge in [0.15, 0.2) is 0 Å². The van der Waals surface area contributed by atoms with Gasteiger partial charge in [0.25, 0.3) is 5.91 Å². The van der Waals surface area contributed by atoms with Gasteiger partial charge in [0.05, 0.1) is 24.5 Å². The van der Waals surface area contributed by atoms with Gasteiger partial charge < -0.3 is 9.64 Å². The Labute approximate surface area is 116 Å². The Hall–Kier alpha value is -0.880. The van der Waals surface area contributed by atoms with Crippen molar-refractivity contribution in [3.05, 3.63) is 17.5 Å². The fraction of sp³-hybridized carbons (Fsp3) is 0.667. The summed E-state index contributed by atoms with van der Waals surface area (Å²) in [6.07, 6.45) is 2.53. The first-order valence-corrected chi connectivity index (χ1v) is 7.14. The third kappa shape index (κ3) is 4.10. The van der Waals surface area contributed by atoms with Gasteiger partial charge in [-0.2, -0.15) is 5.10 Å². The molecule has 0 fully saturated rings. The van der Waals surface area contributed by atoms with Crippen LogP contribution in [0.3, 0.4) is 0 Å². The van der Waals surface area contributed by atoms with Gasteiger partial charge in [-0.05, 0) is 6.42 Å². The second kappa shape index (κ2) is 7.53. The Balaban J connectivity index is 2.57. The molecule has 0 bridgehead atoms. The molecule has 0 aliphatic rings. The van der Waals surface area contributed by atoms with Crippen LogP contribution in [-0.4, -0.2) is 52.7 Å². The van der Waals surface area contributed by atoms with Crippen LogP contribution in [0.4, 0.5) is 0 Å². The number of hydrogen-bond acceptors (Lipinski definition) is 3. The van der Waals surface area contributed by atoms with E-state index in [2.05, 4.69) is 21.0 Å². The highest BCUT2D eigenvalue weighted by Gasteiger charge is 2.17. The van der Waals surface area contributed by atoms with Gasteiger partial charge >= 0.3 is 0 Å². The van der Waals surface area contributed by atoms with Crippen molar-refractivity contribution in [3.63, 3.8) is 0 Å². The van der Waals surface area contributed by atoms with Gasteiger partial charge in [0.2, 0.25) is 0 Å². The van der Waals surface area contributed by atoms with Gasteiger partial charge in [0, 0.05) is 32.2 Å². The molecule has 0 unspecified atom stereocenters. The second-order valence-corrected chi connectivity index (χ2v) is 4.84. The molecule has 0 saturated carbocycles. The maximum absolute atomic E-state index is 12.2. The van der Waals surface area contributed by atoms with Crippen LogP contribution in [0, 0.1) is 0 Å². The molecule has 6 heteroatoms. The molecule has 0 atom stereocenters. The van der Waals surface area contributed by atoms with Crippen molar-refractivity contribution in [2.24, 2.45) is 7.05 Å². The summed E-state index contributed by atoms with van der Waals surface area (Å²) in [4.78, 5) is 13.9. The number of hydrogen-bond donors (Lipinski definition) is 0. The lowest BCUT2D eigenvalue weighted by molar-refractivity contribution is 0.0712. The summed E-state index contributed by atoms with van der Waals surface area (Å²) in [5, 5.41) is 5.09. The number of rotatable bonds is 7. The standard InChI is InChI=1S/C12H20BrN3O2/c1-4-11-10(9-16(3)14-11)12(17)15(2)6-8-18-7-5-13/h9H,4-8H2,1-3H3. The van der Waals surface area contributed by atoms with Gasteiger partial charge in [-0.1, -0.05) is 22.9 Å². The van der Waals surface area contributed by atoms with Crippen molar-refractivity contribution in [1.82, 2.24) is 14.7 Å². The Kier molecular flexibility index (Phi) is 6.35. The molecule has 0 N–H and O–H groups in total. The number of halogens is 1. The molecule has 18 heavy (non-hydrogen) atoms. The number of aryl methyl sites for hydroxylation is 2. The molecular formula is C12H20BrN3O2. The van der Waals surface area contributed by atoms with Crippen LogP contribution >= 0.6 is 15.9 Å². The van der Waals surface area contributed by atoms with Crippen LogP contribution < -0.4 is 0 Å². The van der Waals surface area contributed by atoms with E-state index in [0.717, 1.165) is 17.4 Å². The third-order valence-electron chi connectivity index (χ3n) is 2.61. The summed E-state index contributed by atoms with van der Waals surface area (Å²) in [6, 6.07) is 0. The van der Waals surface area contributed by atoms with Crippen LogP contribution in [0.2, 0.25) is 0 Å². The number of carbonyl (C=O) groups excluding carboxylic acids is 1. The Bertz CT molecular complexity index is 393. The summed E-state index contributed by atoms with van der Waals surface area (Å²) in [5.74, 6) is 0.00222. The topological polar surface area (TPSA) is 47.4 Å². The fourth-order valence-corrected chi connectivity index (χ4v) is 1.87. The lowest BCUT2D eigenvalue weighted by atomic mass is 10.2. The summed E-state index contributed by atoms with van der Waals surface area (Å²) in [6.45, 7) is 3.80. The molecule has 0 aliphatic heterocycles. The highest BCUT2D eigenvalue weighted by atomic mass is 79.9. The average Bonchev–Trinajstić information content (AvgIpc) is 2.74. The first-order valence-electron chi connectivity index (χ1n) is 6.01. The maximum Gasteiger partial charge on any atom is 0.257 e. The summed E-state index contributed by atoms with van der Waals surface area (Å²) in [5.41, 5.74) is 1.53. The normalized spacial score (nSPS) is 10.7. The van der Waals surface area contributed by atoms with Gasteiger partial charge in [-0.15, -0.1) is 0 Å². The largest absolute Gasteiger partial charge is 0.379 e. The summed E-state index contributed by atoms with van der Waals surface area (Å²) in [7, 11) is 3.61. The molecule has 0 aliphatic carbocycles. The van der Waals surface area contributed by atoms with Crippen molar-refractivity contribution in [2.75, 3.05) is 32.1 Å². The van der Waals surface area contributed by atoms with E-state index in [1.165, 1.54) is 0 Å². The molecule has 0 saturated heterocycles. The molecule has 0 aromatic carbocycles. The van der Waals surface area contributed by atoms with Crippen molar-refractivity contribution < 1.29 is 9.53 Å². The van der Waals surface area contributed by atoms with E-state index in [9.17, 15) is 4.79 Å². The summed E-state index contributed by atoms with van der Waals surface area (Å²) >= 11 is 3.29. The Morgan fingerprint density at radius 1 is 1.56 bits per heavy atom.